The Morgan fingerprint density at radius 1 is 1.21 bits per heavy atom. The number of anilines is 1. The Morgan fingerprint density at radius 3 is 2.46 bits per heavy atom. The van der Waals surface area contributed by atoms with Crippen LogP contribution in [0.4, 0.5) is 19.1 Å². The Morgan fingerprint density at radius 2 is 1.86 bits per heavy atom. The van der Waals surface area contributed by atoms with Gasteiger partial charge in [-0.2, -0.15) is 13.2 Å². The van der Waals surface area contributed by atoms with Gasteiger partial charge in [0, 0.05) is 23.3 Å². The molecule has 3 aromatic heterocycles. The average molecular weight is 409 g/mol. The van der Waals surface area contributed by atoms with Gasteiger partial charge in [0.2, 0.25) is 5.95 Å². The van der Waals surface area contributed by atoms with Gasteiger partial charge in [-0.05, 0) is 38.3 Å². The fraction of sp³-hybridized carbons (Fsp3) is 0.278. The summed E-state index contributed by atoms with van der Waals surface area (Å²) < 4.78 is 30.7. The monoisotopic (exact) mass is 409 g/mol. The summed E-state index contributed by atoms with van der Waals surface area (Å²) >= 11 is 2.12. The van der Waals surface area contributed by atoms with Crippen LogP contribution in [0, 0.1) is 18.8 Å². The molecule has 148 valence electrons. The van der Waals surface area contributed by atoms with Crippen molar-refractivity contribution in [2.75, 3.05) is 5.73 Å². The number of nitrogens with one attached hydrogen (secondary N) is 1. The lowest BCUT2D eigenvalue weighted by molar-refractivity contribution is -0.0303. The van der Waals surface area contributed by atoms with E-state index in [1.807, 2.05) is 19.2 Å². The van der Waals surface area contributed by atoms with Gasteiger partial charge in [0.25, 0.3) is 0 Å². The first kappa shape index (κ1) is 21.5. The highest BCUT2D eigenvalue weighted by Crippen LogP contribution is 2.29. The van der Waals surface area contributed by atoms with Crippen LogP contribution in [0.2, 0.25) is 0 Å². The molecule has 10 heteroatoms. The van der Waals surface area contributed by atoms with Crippen LogP contribution in [0.15, 0.2) is 24.7 Å². The number of halogens is 3. The summed E-state index contributed by atoms with van der Waals surface area (Å²) in [5.41, 5.74) is 4.43. The SMILES string of the molecule is Cc1cnc(N)nc1-c1c[nH]c2cnc(C#CC(C)(C)O)cc12.FC(F)(F)S. The molecule has 0 radical (unpaired) electrons. The molecular weight excluding hydrogens is 391 g/mol. The predicted octanol–water partition coefficient (Wildman–Crippen LogP) is 3.47. The van der Waals surface area contributed by atoms with Crippen molar-refractivity contribution in [3.05, 3.63) is 35.9 Å². The minimum atomic E-state index is -4.31. The molecule has 0 saturated carbocycles. The Hall–Kier alpha value is -2.77. The summed E-state index contributed by atoms with van der Waals surface area (Å²) in [6.45, 7) is 5.20. The van der Waals surface area contributed by atoms with Crippen molar-refractivity contribution in [2.45, 2.75) is 31.9 Å². The molecule has 3 rings (SSSR count). The van der Waals surface area contributed by atoms with Crippen molar-refractivity contribution >= 4 is 29.5 Å². The van der Waals surface area contributed by atoms with Crippen LogP contribution in [-0.2, 0) is 0 Å². The molecular formula is C18H18F3N5OS. The number of H-pyrrole nitrogens is 1. The van der Waals surface area contributed by atoms with E-state index in [4.69, 9.17) is 5.73 Å². The van der Waals surface area contributed by atoms with Crippen LogP contribution >= 0.6 is 12.6 Å². The number of aryl methyl sites for hydroxylation is 1. The zero-order valence-electron chi connectivity index (χ0n) is 15.3. The summed E-state index contributed by atoms with van der Waals surface area (Å²) in [5, 5.41) is 10.7. The van der Waals surface area contributed by atoms with Gasteiger partial charge in [0.1, 0.15) is 11.3 Å². The second kappa shape index (κ2) is 8.08. The van der Waals surface area contributed by atoms with E-state index in [1.54, 1.807) is 26.2 Å². The van der Waals surface area contributed by atoms with Crippen molar-refractivity contribution in [3.63, 3.8) is 0 Å². The van der Waals surface area contributed by atoms with E-state index >= 15 is 0 Å². The Balaban J connectivity index is 0.000000500. The van der Waals surface area contributed by atoms with Crippen molar-refractivity contribution in [1.29, 1.82) is 0 Å². The van der Waals surface area contributed by atoms with Gasteiger partial charge in [-0.25, -0.2) is 15.0 Å². The maximum absolute atomic E-state index is 10.2. The molecule has 0 amide bonds. The molecule has 0 saturated heterocycles. The molecule has 0 unspecified atom stereocenters. The highest BCUT2D eigenvalue weighted by molar-refractivity contribution is 7.81. The van der Waals surface area contributed by atoms with Crippen LogP contribution in [0.1, 0.15) is 25.1 Å². The molecule has 4 N–H and O–H groups in total. The first-order chi connectivity index (χ1) is 12.8. The van der Waals surface area contributed by atoms with Crippen molar-refractivity contribution in [1.82, 2.24) is 19.9 Å². The second-order valence-corrected chi connectivity index (χ2v) is 6.86. The number of aromatic amines is 1. The normalized spacial score (nSPS) is 11.4. The summed E-state index contributed by atoms with van der Waals surface area (Å²) in [6, 6.07) is 1.87. The zero-order valence-corrected chi connectivity index (χ0v) is 16.2. The molecule has 28 heavy (non-hydrogen) atoms. The van der Waals surface area contributed by atoms with Gasteiger partial charge >= 0.3 is 5.51 Å². The lowest BCUT2D eigenvalue weighted by Gasteiger charge is -2.06. The largest absolute Gasteiger partial charge is 0.438 e. The molecule has 0 spiro atoms. The van der Waals surface area contributed by atoms with Gasteiger partial charge in [0.15, 0.2) is 0 Å². The van der Waals surface area contributed by atoms with Gasteiger partial charge in [-0.1, -0.05) is 18.5 Å². The van der Waals surface area contributed by atoms with Crippen LogP contribution < -0.4 is 5.73 Å². The Labute approximate surface area is 164 Å². The number of fused-ring (bicyclic) bond motifs is 1. The molecule has 0 fully saturated rings. The number of aromatic nitrogens is 4. The fourth-order valence-electron chi connectivity index (χ4n) is 2.23. The quantitative estimate of drug-likeness (QED) is 0.364. The van der Waals surface area contributed by atoms with Crippen LogP contribution in [-0.4, -0.2) is 36.2 Å². The molecule has 0 atom stereocenters. The first-order valence-corrected chi connectivity index (χ1v) is 8.39. The Bertz CT molecular complexity index is 1040. The summed E-state index contributed by atoms with van der Waals surface area (Å²) in [6.07, 6.45) is 5.29. The van der Waals surface area contributed by atoms with Gasteiger partial charge in [-0.3, -0.25) is 0 Å². The number of hydrogen-bond donors (Lipinski definition) is 4. The number of alkyl halides is 3. The number of thiol groups is 1. The van der Waals surface area contributed by atoms with E-state index in [9.17, 15) is 18.3 Å². The minimum Gasteiger partial charge on any atom is -0.378 e. The Kier molecular flexibility index (Phi) is 6.21. The van der Waals surface area contributed by atoms with Gasteiger partial charge in [-0.15, -0.1) is 0 Å². The predicted molar refractivity (Wildman–Crippen MR) is 104 cm³/mol. The van der Waals surface area contributed by atoms with E-state index in [2.05, 4.69) is 44.4 Å². The fourth-order valence-corrected chi connectivity index (χ4v) is 2.23. The first-order valence-electron chi connectivity index (χ1n) is 7.95. The van der Waals surface area contributed by atoms with E-state index in [-0.39, 0.29) is 5.95 Å². The number of nitrogen functional groups attached to an aromatic ring is 1. The van der Waals surface area contributed by atoms with E-state index in [0.717, 1.165) is 27.7 Å². The molecule has 3 heterocycles. The topological polar surface area (TPSA) is 101 Å². The molecule has 3 aromatic rings. The number of aliphatic hydroxyl groups is 1. The molecule has 0 aliphatic heterocycles. The number of pyridine rings is 1. The van der Waals surface area contributed by atoms with Crippen molar-refractivity contribution in [3.8, 4) is 23.1 Å². The molecule has 6 nitrogen and oxygen atoms in total. The lowest BCUT2D eigenvalue weighted by atomic mass is 10.1. The van der Waals surface area contributed by atoms with Gasteiger partial charge < -0.3 is 15.8 Å². The number of nitrogens with zero attached hydrogens (tertiary/aromatic N) is 3. The maximum atomic E-state index is 10.2. The highest BCUT2D eigenvalue weighted by Gasteiger charge is 2.17. The summed E-state index contributed by atoms with van der Waals surface area (Å²) in [7, 11) is 0. The van der Waals surface area contributed by atoms with Crippen LogP contribution in [0.5, 0.6) is 0 Å². The summed E-state index contributed by atoms with van der Waals surface area (Å²) in [4.78, 5) is 15.8. The third-order valence-electron chi connectivity index (χ3n) is 3.31. The molecule has 0 bridgehead atoms. The second-order valence-electron chi connectivity index (χ2n) is 6.35. The van der Waals surface area contributed by atoms with E-state index < -0.39 is 11.1 Å². The zero-order chi connectivity index (χ0) is 21.1. The van der Waals surface area contributed by atoms with Crippen molar-refractivity contribution in [2.24, 2.45) is 0 Å². The maximum Gasteiger partial charge on any atom is 0.438 e. The lowest BCUT2D eigenvalue weighted by Crippen LogP contribution is -2.14. The van der Waals surface area contributed by atoms with Crippen LogP contribution in [0.25, 0.3) is 22.2 Å². The highest BCUT2D eigenvalue weighted by atomic mass is 32.1. The number of hydrogen-bond acceptors (Lipinski definition) is 6. The molecule has 0 aliphatic carbocycles. The summed E-state index contributed by atoms with van der Waals surface area (Å²) in [5.74, 6) is 5.88. The third kappa shape index (κ3) is 6.44. The number of nitrogens with two attached hydrogens (primary N) is 1. The van der Waals surface area contributed by atoms with E-state index in [0.29, 0.717) is 5.69 Å². The van der Waals surface area contributed by atoms with Gasteiger partial charge in [0.05, 0.1) is 17.4 Å². The third-order valence-corrected chi connectivity index (χ3v) is 3.31. The van der Waals surface area contributed by atoms with Crippen molar-refractivity contribution < 1.29 is 18.3 Å². The molecule has 0 aliphatic rings. The number of rotatable bonds is 1. The smallest absolute Gasteiger partial charge is 0.378 e. The van der Waals surface area contributed by atoms with Crippen LogP contribution in [0.3, 0.4) is 0 Å². The minimum absolute atomic E-state index is 0.232. The average Bonchev–Trinajstić information content (AvgIpc) is 2.96. The van der Waals surface area contributed by atoms with E-state index in [1.165, 1.54) is 0 Å². The standard InChI is InChI=1S/C17H17N5O.CHF3S/c1-10-7-21-16(18)22-15(10)13-8-20-14-9-19-11(6-12(13)14)4-5-17(2,3)23;2-1(3,4)5/h6-9,20,23H,1-3H3,(H2,18,21,22);5H. The molecule has 0 aromatic carbocycles.